The monoisotopic (exact) mass is 348 g/mol. The highest BCUT2D eigenvalue weighted by molar-refractivity contribution is 9.10. The van der Waals surface area contributed by atoms with E-state index in [0.29, 0.717) is 6.54 Å². The second kappa shape index (κ2) is 6.72. The molecule has 1 aromatic rings. The average molecular weight is 349 g/mol. The molecule has 0 spiro atoms. The van der Waals surface area contributed by atoms with Gasteiger partial charge in [-0.05, 0) is 56.1 Å². The predicted octanol–water partition coefficient (Wildman–Crippen LogP) is 3.21. The molecular weight excluding hydrogens is 328 g/mol. The Labute approximate surface area is 126 Å². The van der Waals surface area contributed by atoms with Crippen molar-refractivity contribution in [3.8, 4) is 0 Å². The molecule has 4 nitrogen and oxygen atoms in total. The molecule has 0 saturated heterocycles. The van der Waals surface area contributed by atoms with Crippen LogP contribution in [0.3, 0.4) is 0 Å². The van der Waals surface area contributed by atoms with E-state index in [-0.39, 0.29) is 6.04 Å². The number of amides is 1. The number of carbonyl (C=O) groups excluding carboxylic acids is 1. The third-order valence-electron chi connectivity index (χ3n) is 2.24. The molecule has 0 aliphatic rings. The summed E-state index contributed by atoms with van der Waals surface area (Å²) < 4.78 is 6.24. The maximum Gasteiger partial charge on any atom is 0.407 e. The molecule has 1 aromatic heterocycles. The molecule has 1 heterocycles. The molecule has 0 aliphatic carbocycles. The summed E-state index contributed by atoms with van der Waals surface area (Å²) in [6.07, 6.45) is 0.305. The smallest absolute Gasteiger partial charge is 0.407 e. The van der Waals surface area contributed by atoms with Gasteiger partial charge in [-0.3, -0.25) is 0 Å². The highest BCUT2D eigenvalue weighted by Gasteiger charge is 2.17. The summed E-state index contributed by atoms with van der Waals surface area (Å²) in [5.41, 5.74) is 5.53. The number of nitrogens with one attached hydrogen (secondary N) is 1. The number of alkyl carbamates (subject to hydrolysis) is 1. The zero-order valence-electron chi connectivity index (χ0n) is 11.7. The molecule has 0 saturated carbocycles. The van der Waals surface area contributed by atoms with Crippen molar-refractivity contribution in [3.63, 3.8) is 0 Å². The minimum Gasteiger partial charge on any atom is -0.444 e. The van der Waals surface area contributed by atoms with Gasteiger partial charge in [-0.25, -0.2) is 4.79 Å². The Bertz CT molecular complexity index is 440. The molecule has 1 amide bonds. The van der Waals surface area contributed by atoms with Crippen molar-refractivity contribution in [1.82, 2.24) is 5.32 Å². The van der Waals surface area contributed by atoms with Crippen LogP contribution in [-0.2, 0) is 11.2 Å². The van der Waals surface area contributed by atoms with E-state index in [1.807, 2.05) is 20.8 Å². The summed E-state index contributed by atoms with van der Waals surface area (Å²) in [5, 5.41) is 2.69. The number of hydrogen-bond donors (Lipinski definition) is 2. The summed E-state index contributed by atoms with van der Waals surface area (Å²) in [5.74, 6) is 0. The van der Waals surface area contributed by atoms with Crippen LogP contribution in [0.1, 0.15) is 30.5 Å². The number of halogens is 1. The second-order valence-corrected chi connectivity index (χ2v) is 7.67. The molecule has 0 bridgehead atoms. The van der Waals surface area contributed by atoms with Crippen molar-refractivity contribution in [2.75, 3.05) is 6.54 Å². The molecule has 1 unspecified atom stereocenters. The normalized spacial score (nSPS) is 13.2. The minimum absolute atomic E-state index is 0.123. The highest BCUT2D eigenvalue weighted by atomic mass is 79.9. The third kappa shape index (κ3) is 6.40. The van der Waals surface area contributed by atoms with Crippen LogP contribution in [0.15, 0.2) is 10.5 Å². The van der Waals surface area contributed by atoms with Gasteiger partial charge in [0.05, 0.1) is 0 Å². The van der Waals surface area contributed by atoms with E-state index in [1.165, 1.54) is 9.75 Å². The first-order chi connectivity index (χ1) is 8.67. The number of nitrogens with two attached hydrogens (primary N) is 1. The van der Waals surface area contributed by atoms with Crippen LogP contribution in [0.2, 0.25) is 0 Å². The van der Waals surface area contributed by atoms with Gasteiger partial charge in [0, 0.05) is 26.8 Å². The van der Waals surface area contributed by atoms with Gasteiger partial charge in [-0.1, -0.05) is 0 Å². The summed E-state index contributed by atoms with van der Waals surface area (Å²) in [7, 11) is 0. The fourth-order valence-electron chi connectivity index (χ4n) is 1.51. The van der Waals surface area contributed by atoms with Crippen LogP contribution in [0.5, 0.6) is 0 Å². The molecule has 0 fully saturated rings. The maximum atomic E-state index is 11.5. The van der Waals surface area contributed by atoms with Crippen molar-refractivity contribution in [2.45, 2.75) is 45.8 Å². The Morgan fingerprint density at radius 1 is 1.58 bits per heavy atom. The van der Waals surface area contributed by atoms with E-state index in [4.69, 9.17) is 10.5 Å². The Balaban J connectivity index is 2.38. The predicted molar refractivity (Wildman–Crippen MR) is 82.7 cm³/mol. The van der Waals surface area contributed by atoms with Crippen LogP contribution >= 0.6 is 27.3 Å². The number of hydrogen-bond acceptors (Lipinski definition) is 4. The summed E-state index contributed by atoms with van der Waals surface area (Å²) in [4.78, 5) is 13.9. The lowest BCUT2D eigenvalue weighted by Gasteiger charge is -2.20. The van der Waals surface area contributed by atoms with Gasteiger partial charge in [-0.15, -0.1) is 11.3 Å². The van der Waals surface area contributed by atoms with Crippen LogP contribution < -0.4 is 11.1 Å². The number of thiophene rings is 1. The van der Waals surface area contributed by atoms with E-state index in [1.54, 1.807) is 11.3 Å². The lowest BCUT2D eigenvalue weighted by molar-refractivity contribution is 0.0524. The van der Waals surface area contributed by atoms with Crippen molar-refractivity contribution in [1.29, 1.82) is 0 Å². The van der Waals surface area contributed by atoms with E-state index >= 15 is 0 Å². The van der Waals surface area contributed by atoms with Gasteiger partial charge in [0.1, 0.15) is 5.60 Å². The minimum atomic E-state index is -0.484. The Hall–Kier alpha value is -0.590. The Morgan fingerprint density at radius 2 is 2.21 bits per heavy atom. The van der Waals surface area contributed by atoms with Crippen molar-refractivity contribution >= 4 is 33.4 Å². The molecule has 19 heavy (non-hydrogen) atoms. The first-order valence-electron chi connectivity index (χ1n) is 6.14. The standard InChI is InChI=1S/C13H21BrN2O2S/c1-8-5-10(14)11(19-8)6-9(15)7-16-12(17)18-13(2,3)4/h5,9H,6-7,15H2,1-4H3,(H,16,17). The molecule has 1 atom stereocenters. The molecular formula is C13H21BrN2O2S. The molecule has 3 N–H and O–H groups in total. The van der Waals surface area contributed by atoms with Gasteiger partial charge in [0.2, 0.25) is 0 Å². The molecule has 0 radical (unpaired) electrons. The zero-order chi connectivity index (χ0) is 14.6. The van der Waals surface area contributed by atoms with E-state index in [9.17, 15) is 4.79 Å². The van der Waals surface area contributed by atoms with Crippen LogP contribution in [0.4, 0.5) is 4.79 Å². The van der Waals surface area contributed by atoms with Crippen LogP contribution in [0.25, 0.3) is 0 Å². The summed E-state index contributed by atoms with van der Waals surface area (Å²) in [6, 6.07) is 1.95. The average Bonchev–Trinajstić information content (AvgIpc) is 2.52. The third-order valence-corrected chi connectivity index (χ3v) is 4.28. The SMILES string of the molecule is Cc1cc(Br)c(CC(N)CNC(=O)OC(C)(C)C)s1. The second-order valence-electron chi connectivity index (χ2n) is 5.48. The lowest BCUT2D eigenvalue weighted by Crippen LogP contribution is -2.41. The number of rotatable bonds is 4. The van der Waals surface area contributed by atoms with Crippen molar-refractivity contribution in [3.05, 3.63) is 20.3 Å². The summed E-state index contributed by atoms with van der Waals surface area (Å²) >= 11 is 5.22. The topological polar surface area (TPSA) is 64.3 Å². The number of ether oxygens (including phenoxy) is 1. The highest BCUT2D eigenvalue weighted by Crippen LogP contribution is 2.27. The van der Waals surface area contributed by atoms with Gasteiger partial charge < -0.3 is 15.8 Å². The first kappa shape index (κ1) is 16.5. The molecule has 6 heteroatoms. The van der Waals surface area contributed by atoms with Crippen molar-refractivity contribution < 1.29 is 9.53 Å². The fraction of sp³-hybridized carbons (Fsp3) is 0.615. The molecule has 0 aromatic carbocycles. The molecule has 0 aliphatic heterocycles. The summed E-state index contributed by atoms with van der Waals surface area (Å²) in [6.45, 7) is 7.95. The maximum absolute atomic E-state index is 11.5. The zero-order valence-corrected chi connectivity index (χ0v) is 14.2. The van der Waals surface area contributed by atoms with Crippen LogP contribution in [0, 0.1) is 6.92 Å². The van der Waals surface area contributed by atoms with E-state index < -0.39 is 11.7 Å². The molecule has 1 rings (SSSR count). The largest absolute Gasteiger partial charge is 0.444 e. The fourth-order valence-corrected chi connectivity index (χ4v) is 3.43. The van der Waals surface area contributed by atoms with Gasteiger partial charge >= 0.3 is 6.09 Å². The van der Waals surface area contributed by atoms with Gasteiger partial charge in [0.15, 0.2) is 0 Å². The number of aryl methyl sites for hydroxylation is 1. The Morgan fingerprint density at radius 3 is 2.68 bits per heavy atom. The quantitative estimate of drug-likeness (QED) is 0.877. The van der Waals surface area contributed by atoms with E-state index in [2.05, 4.69) is 34.2 Å². The van der Waals surface area contributed by atoms with Crippen molar-refractivity contribution in [2.24, 2.45) is 5.73 Å². The Kier molecular flexibility index (Phi) is 5.82. The lowest BCUT2D eigenvalue weighted by atomic mass is 10.2. The van der Waals surface area contributed by atoms with Gasteiger partial charge in [-0.2, -0.15) is 0 Å². The van der Waals surface area contributed by atoms with Crippen LogP contribution in [-0.4, -0.2) is 24.3 Å². The van der Waals surface area contributed by atoms with Gasteiger partial charge in [0.25, 0.3) is 0 Å². The molecule has 108 valence electrons. The van der Waals surface area contributed by atoms with E-state index in [0.717, 1.165) is 10.9 Å². The number of carbonyl (C=O) groups is 1. The first-order valence-corrected chi connectivity index (χ1v) is 7.75.